The first-order valence-corrected chi connectivity index (χ1v) is 10.5. The van der Waals surface area contributed by atoms with Gasteiger partial charge in [0.15, 0.2) is 0 Å². The third-order valence-electron chi connectivity index (χ3n) is 5.80. The molecular formula is C24H28N4O2. The maximum absolute atomic E-state index is 12.4. The highest BCUT2D eigenvalue weighted by atomic mass is 16.3. The lowest BCUT2D eigenvalue weighted by Gasteiger charge is -2.20. The maximum atomic E-state index is 12.4. The molecule has 0 radical (unpaired) electrons. The number of benzene rings is 2. The Bertz CT molecular complexity index is 941. The lowest BCUT2D eigenvalue weighted by Crippen LogP contribution is -2.35. The van der Waals surface area contributed by atoms with Crippen LogP contribution in [-0.2, 0) is 11.2 Å². The molecule has 6 heteroatoms. The number of carbonyl (C=O) groups excluding carboxylic acids is 1. The number of amides is 1. The maximum Gasteiger partial charge on any atom is 0.248 e. The molecular weight excluding hydrogens is 376 g/mol. The summed E-state index contributed by atoms with van der Waals surface area (Å²) in [6, 6.07) is 19.7. The van der Waals surface area contributed by atoms with Crippen LogP contribution in [0.15, 0.2) is 73.1 Å². The Labute approximate surface area is 176 Å². The van der Waals surface area contributed by atoms with E-state index in [4.69, 9.17) is 0 Å². The molecule has 1 amide bonds. The van der Waals surface area contributed by atoms with Gasteiger partial charge in [-0.2, -0.15) is 5.10 Å². The first-order valence-electron chi connectivity index (χ1n) is 10.5. The van der Waals surface area contributed by atoms with Gasteiger partial charge in [-0.3, -0.25) is 9.48 Å². The van der Waals surface area contributed by atoms with E-state index in [-0.39, 0.29) is 18.0 Å². The van der Waals surface area contributed by atoms with Gasteiger partial charge in [0.05, 0.1) is 6.10 Å². The van der Waals surface area contributed by atoms with Gasteiger partial charge in [-0.25, -0.2) is 0 Å². The number of rotatable bonds is 7. The molecule has 1 saturated heterocycles. The van der Waals surface area contributed by atoms with Crippen LogP contribution in [-0.4, -0.2) is 32.9 Å². The van der Waals surface area contributed by atoms with Crippen LogP contribution >= 0.6 is 0 Å². The van der Waals surface area contributed by atoms with Crippen molar-refractivity contribution in [1.29, 1.82) is 0 Å². The van der Waals surface area contributed by atoms with E-state index in [1.165, 1.54) is 5.56 Å². The van der Waals surface area contributed by atoms with Gasteiger partial charge in [-0.05, 0) is 55.5 Å². The SMILES string of the molecule is CC(C(=O)Nc1ccc(C[C@@H]2CC[C@H]([C@H](O)c3ccccc3)N2)cc1)n1cccn1. The van der Waals surface area contributed by atoms with E-state index in [0.29, 0.717) is 6.04 Å². The summed E-state index contributed by atoms with van der Waals surface area (Å²) < 4.78 is 1.63. The van der Waals surface area contributed by atoms with E-state index >= 15 is 0 Å². The van der Waals surface area contributed by atoms with E-state index < -0.39 is 6.10 Å². The summed E-state index contributed by atoms with van der Waals surface area (Å²) in [6.07, 6.45) is 5.86. The highest BCUT2D eigenvalue weighted by molar-refractivity contribution is 5.93. The summed E-state index contributed by atoms with van der Waals surface area (Å²) in [4.78, 5) is 12.4. The van der Waals surface area contributed by atoms with Crippen molar-refractivity contribution < 1.29 is 9.90 Å². The summed E-state index contributed by atoms with van der Waals surface area (Å²) in [5, 5.41) is 21.3. The van der Waals surface area contributed by atoms with E-state index in [0.717, 1.165) is 30.5 Å². The Balaban J connectivity index is 1.29. The van der Waals surface area contributed by atoms with Crippen LogP contribution in [0.4, 0.5) is 5.69 Å². The molecule has 4 atom stereocenters. The standard InChI is InChI=1S/C24H28N4O2/c1-17(28-15-5-14-25-28)24(30)27-20-10-8-18(9-11-20)16-21-12-13-22(26-21)23(29)19-6-3-2-4-7-19/h2-11,14-15,17,21-23,26,29H,12-13,16H2,1H3,(H,27,30)/t17?,21-,22+,23+/m0/s1. The molecule has 1 aromatic heterocycles. The monoisotopic (exact) mass is 404 g/mol. The molecule has 156 valence electrons. The number of aliphatic hydroxyl groups is 1. The average molecular weight is 405 g/mol. The zero-order valence-electron chi connectivity index (χ0n) is 17.1. The number of aliphatic hydroxyl groups excluding tert-OH is 1. The molecule has 0 bridgehead atoms. The summed E-state index contributed by atoms with van der Waals surface area (Å²) in [7, 11) is 0. The highest BCUT2D eigenvalue weighted by Crippen LogP contribution is 2.27. The van der Waals surface area contributed by atoms with Crippen molar-refractivity contribution in [3.63, 3.8) is 0 Å². The second kappa shape index (κ2) is 9.24. The third kappa shape index (κ3) is 4.78. The fourth-order valence-corrected chi connectivity index (χ4v) is 4.03. The van der Waals surface area contributed by atoms with Crippen LogP contribution in [0.5, 0.6) is 0 Å². The fraction of sp³-hybridized carbons (Fsp3) is 0.333. The topological polar surface area (TPSA) is 79.2 Å². The normalized spacial score (nSPS) is 20.6. The number of hydrogen-bond donors (Lipinski definition) is 3. The van der Waals surface area contributed by atoms with Gasteiger partial charge in [-0.15, -0.1) is 0 Å². The lowest BCUT2D eigenvalue weighted by molar-refractivity contribution is -0.119. The van der Waals surface area contributed by atoms with E-state index in [9.17, 15) is 9.90 Å². The fourth-order valence-electron chi connectivity index (χ4n) is 4.03. The Kier molecular flexibility index (Phi) is 6.26. The molecule has 3 N–H and O–H groups in total. The molecule has 1 fully saturated rings. The van der Waals surface area contributed by atoms with Crippen molar-refractivity contribution in [1.82, 2.24) is 15.1 Å². The van der Waals surface area contributed by atoms with Crippen LogP contribution in [0, 0.1) is 0 Å². The molecule has 2 heterocycles. The quantitative estimate of drug-likeness (QED) is 0.563. The number of nitrogens with one attached hydrogen (secondary N) is 2. The molecule has 0 saturated carbocycles. The minimum Gasteiger partial charge on any atom is -0.387 e. The number of anilines is 1. The highest BCUT2D eigenvalue weighted by Gasteiger charge is 2.29. The van der Waals surface area contributed by atoms with Crippen molar-refractivity contribution in [3.05, 3.63) is 84.2 Å². The van der Waals surface area contributed by atoms with Crippen LogP contribution in [0.25, 0.3) is 0 Å². The zero-order valence-corrected chi connectivity index (χ0v) is 17.1. The van der Waals surface area contributed by atoms with Gasteiger partial charge < -0.3 is 15.7 Å². The summed E-state index contributed by atoms with van der Waals surface area (Å²) in [5.74, 6) is -0.0957. The smallest absolute Gasteiger partial charge is 0.248 e. The first kappa shape index (κ1) is 20.3. The van der Waals surface area contributed by atoms with Crippen LogP contribution in [0.3, 0.4) is 0 Å². The van der Waals surface area contributed by atoms with Gasteiger partial charge >= 0.3 is 0 Å². The molecule has 4 rings (SSSR count). The molecule has 0 spiro atoms. The van der Waals surface area contributed by atoms with Crippen LogP contribution in [0.1, 0.15) is 43.0 Å². The number of hydrogen-bond acceptors (Lipinski definition) is 4. The number of carbonyl (C=O) groups is 1. The second-order valence-electron chi connectivity index (χ2n) is 7.96. The molecule has 1 aliphatic rings. The van der Waals surface area contributed by atoms with Crippen molar-refractivity contribution in [2.75, 3.05) is 5.32 Å². The van der Waals surface area contributed by atoms with E-state index in [1.807, 2.05) is 49.4 Å². The Morgan fingerprint density at radius 1 is 1.17 bits per heavy atom. The molecule has 1 aliphatic heterocycles. The van der Waals surface area contributed by atoms with Gasteiger partial charge in [0.2, 0.25) is 5.91 Å². The molecule has 30 heavy (non-hydrogen) atoms. The largest absolute Gasteiger partial charge is 0.387 e. The van der Waals surface area contributed by atoms with Crippen molar-refractivity contribution >= 4 is 11.6 Å². The van der Waals surface area contributed by atoms with Gasteiger partial charge in [-0.1, -0.05) is 42.5 Å². The molecule has 0 aliphatic carbocycles. The lowest BCUT2D eigenvalue weighted by atomic mass is 10.0. The van der Waals surface area contributed by atoms with Crippen molar-refractivity contribution in [2.45, 2.75) is 50.4 Å². The van der Waals surface area contributed by atoms with Crippen LogP contribution < -0.4 is 10.6 Å². The van der Waals surface area contributed by atoms with Gasteiger partial charge in [0, 0.05) is 30.2 Å². The van der Waals surface area contributed by atoms with Crippen molar-refractivity contribution in [3.8, 4) is 0 Å². The predicted molar refractivity (Wildman–Crippen MR) is 117 cm³/mol. The summed E-state index contributed by atoms with van der Waals surface area (Å²) in [5.41, 5.74) is 2.94. The molecule has 1 unspecified atom stereocenters. The Morgan fingerprint density at radius 3 is 2.63 bits per heavy atom. The zero-order chi connectivity index (χ0) is 20.9. The number of aromatic nitrogens is 2. The predicted octanol–water partition coefficient (Wildman–Crippen LogP) is 3.48. The second-order valence-corrected chi connectivity index (χ2v) is 7.96. The molecule has 3 aromatic rings. The number of nitrogens with zero attached hydrogens (tertiary/aromatic N) is 2. The van der Waals surface area contributed by atoms with E-state index in [2.05, 4.69) is 27.9 Å². The Hall–Kier alpha value is -2.96. The minimum absolute atomic E-state index is 0.0831. The molecule has 6 nitrogen and oxygen atoms in total. The van der Waals surface area contributed by atoms with Gasteiger partial charge in [0.25, 0.3) is 0 Å². The summed E-state index contributed by atoms with van der Waals surface area (Å²) in [6.45, 7) is 1.82. The van der Waals surface area contributed by atoms with E-state index in [1.54, 1.807) is 23.1 Å². The third-order valence-corrected chi connectivity index (χ3v) is 5.80. The average Bonchev–Trinajstić information content (AvgIpc) is 3.47. The Morgan fingerprint density at radius 2 is 1.93 bits per heavy atom. The van der Waals surface area contributed by atoms with Crippen LogP contribution in [0.2, 0.25) is 0 Å². The van der Waals surface area contributed by atoms with Gasteiger partial charge in [0.1, 0.15) is 6.04 Å². The minimum atomic E-state index is -0.481. The molecule has 2 aromatic carbocycles. The first-order chi connectivity index (χ1) is 14.6. The van der Waals surface area contributed by atoms with Crippen molar-refractivity contribution in [2.24, 2.45) is 0 Å². The summed E-state index contributed by atoms with van der Waals surface area (Å²) >= 11 is 0.